The minimum Gasteiger partial charge on any atom is -0.323 e. The average Bonchev–Trinajstić information content (AvgIpc) is 2.55. The van der Waals surface area contributed by atoms with Gasteiger partial charge in [-0.25, -0.2) is 4.98 Å². The molecule has 1 aromatic rings. The topological polar surface area (TPSA) is 41.6 Å². The number of nitrogens with zero attached hydrogens (tertiary/aromatic N) is 3. The van der Waals surface area contributed by atoms with Crippen LogP contribution < -0.4 is 0 Å². The third-order valence-corrected chi connectivity index (χ3v) is 2.48. The van der Waals surface area contributed by atoms with Crippen LogP contribution in [0.2, 0.25) is 0 Å². The van der Waals surface area contributed by atoms with Gasteiger partial charge in [-0.15, -0.1) is 0 Å². The Balaban J connectivity index is 2.58. The minimum atomic E-state index is -4.47. The lowest BCUT2D eigenvalue weighted by molar-refractivity contribution is -0.147. The summed E-state index contributed by atoms with van der Waals surface area (Å²) in [6, 6.07) is 1.72. The number of alkyl halides is 3. The van der Waals surface area contributed by atoms with Gasteiger partial charge >= 0.3 is 6.18 Å². The van der Waals surface area contributed by atoms with Gasteiger partial charge in [-0.3, -0.25) is 0 Å². The van der Waals surface area contributed by atoms with Crippen molar-refractivity contribution in [3.8, 4) is 6.07 Å². The molecule has 0 radical (unpaired) electrons. The van der Waals surface area contributed by atoms with Gasteiger partial charge in [0, 0.05) is 6.54 Å². The van der Waals surface area contributed by atoms with Gasteiger partial charge in [0.2, 0.25) is 5.82 Å². The fourth-order valence-electron chi connectivity index (χ4n) is 1.85. The Bertz CT molecular complexity index is 425. The minimum absolute atomic E-state index is 0.0815. The van der Waals surface area contributed by atoms with E-state index in [1.165, 1.54) is 0 Å². The van der Waals surface area contributed by atoms with E-state index < -0.39 is 12.0 Å². The van der Waals surface area contributed by atoms with Crippen molar-refractivity contribution in [2.75, 3.05) is 0 Å². The van der Waals surface area contributed by atoms with E-state index in [-0.39, 0.29) is 5.69 Å². The first kappa shape index (κ1) is 10.0. The molecule has 1 aliphatic heterocycles. The van der Waals surface area contributed by atoms with Crippen molar-refractivity contribution >= 4 is 0 Å². The fraction of sp³-hybridized carbons (Fsp3) is 0.556. The van der Waals surface area contributed by atoms with Crippen molar-refractivity contribution in [3.63, 3.8) is 0 Å². The van der Waals surface area contributed by atoms with Crippen molar-refractivity contribution in [2.24, 2.45) is 0 Å². The molecule has 0 N–H and O–H groups in total. The van der Waals surface area contributed by atoms with E-state index in [4.69, 9.17) is 5.26 Å². The Morgan fingerprint density at radius 3 is 2.67 bits per heavy atom. The van der Waals surface area contributed by atoms with Gasteiger partial charge in [0.05, 0.1) is 5.69 Å². The van der Waals surface area contributed by atoms with E-state index in [2.05, 4.69) is 4.98 Å². The van der Waals surface area contributed by atoms with E-state index in [0.717, 1.165) is 11.0 Å². The number of nitriles is 1. The maximum absolute atomic E-state index is 12.5. The van der Waals surface area contributed by atoms with Gasteiger partial charge in [0.25, 0.3) is 0 Å². The zero-order chi connectivity index (χ0) is 11.1. The van der Waals surface area contributed by atoms with Gasteiger partial charge in [-0.2, -0.15) is 18.4 Å². The summed E-state index contributed by atoms with van der Waals surface area (Å²) in [5.41, 5.74) is 0.345. The highest BCUT2D eigenvalue weighted by atomic mass is 19.4. The van der Waals surface area contributed by atoms with Crippen LogP contribution in [-0.4, -0.2) is 9.55 Å². The van der Waals surface area contributed by atoms with Gasteiger partial charge < -0.3 is 4.57 Å². The Hall–Kier alpha value is -1.51. The molecule has 0 unspecified atom stereocenters. The van der Waals surface area contributed by atoms with Crippen molar-refractivity contribution in [2.45, 2.75) is 32.0 Å². The summed E-state index contributed by atoms with van der Waals surface area (Å²) in [6.45, 7) is 0.304. The van der Waals surface area contributed by atoms with E-state index in [1.807, 2.05) is 0 Å². The van der Waals surface area contributed by atoms with Crippen LogP contribution in [0.3, 0.4) is 0 Å². The predicted octanol–water partition coefficient (Wildman–Crippen LogP) is 2.11. The molecule has 15 heavy (non-hydrogen) atoms. The van der Waals surface area contributed by atoms with Crippen LogP contribution in [0.4, 0.5) is 13.2 Å². The molecule has 3 nitrogen and oxygen atoms in total. The summed E-state index contributed by atoms with van der Waals surface area (Å²) in [7, 11) is 0. The summed E-state index contributed by atoms with van der Waals surface area (Å²) >= 11 is 0. The molecule has 0 fully saturated rings. The zero-order valence-corrected chi connectivity index (χ0v) is 7.80. The van der Waals surface area contributed by atoms with E-state index >= 15 is 0 Å². The molecule has 0 spiro atoms. The molecule has 0 atom stereocenters. The lowest BCUT2D eigenvalue weighted by Crippen LogP contribution is -2.19. The molecule has 0 aliphatic carbocycles. The first-order chi connectivity index (χ1) is 7.04. The van der Waals surface area contributed by atoms with Gasteiger partial charge in [0.1, 0.15) is 6.07 Å². The fourth-order valence-corrected chi connectivity index (χ4v) is 1.85. The number of imidazole rings is 1. The maximum atomic E-state index is 12.5. The highest BCUT2D eigenvalue weighted by molar-refractivity contribution is 5.30. The normalized spacial score (nSPS) is 15.9. The third kappa shape index (κ3) is 1.58. The van der Waals surface area contributed by atoms with E-state index in [0.29, 0.717) is 25.1 Å². The standard InChI is InChI=1S/C9H8F3N3/c10-9(11,12)8-14-6(5-13)7-3-1-2-4-15(7)8/h1-4H2. The van der Waals surface area contributed by atoms with Crippen LogP contribution in [0.15, 0.2) is 0 Å². The van der Waals surface area contributed by atoms with Gasteiger partial charge in [0.15, 0.2) is 5.69 Å². The third-order valence-electron chi connectivity index (χ3n) is 2.48. The number of aromatic nitrogens is 2. The Labute approximate surface area is 84.1 Å². The Kier molecular flexibility index (Phi) is 2.18. The first-order valence-electron chi connectivity index (χ1n) is 4.60. The molecule has 0 saturated heterocycles. The van der Waals surface area contributed by atoms with Crippen molar-refractivity contribution < 1.29 is 13.2 Å². The molecule has 0 saturated carbocycles. The largest absolute Gasteiger partial charge is 0.449 e. The second-order valence-corrected chi connectivity index (χ2v) is 3.45. The van der Waals surface area contributed by atoms with E-state index in [9.17, 15) is 13.2 Å². The lowest BCUT2D eigenvalue weighted by atomic mass is 10.1. The molecule has 0 aromatic carbocycles. The molecule has 1 aromatic heterocycles. The molecular formula is C9H8F3N3. The second-order valence-electron chi connectivity index (χ2n) is 3.45. The molecule has 0 bridgehead atoms. The molecule has 2 rings (SSSR count). The molecule has 1 aliphatic rings. The quantitative estimate of drug-likeness (QED) is 0.665. The number of hydrogen-bond acceptors (Lipinski definition) is 2. The second kappa shape index (κ2) is 3.26. The highest BCUT2D eigenvalue weighted by Gasteiger charge is 2.39. The lowest BCUT2D eigenvalue weighted by Gasteiger charge is -2.17. The summed E-state index contributed by atoms with van der Waals surface area (Å²) in [4.78, 5) is 3.36. The average molecular weight is 215 g/mol. The first-order valence-corrected chi connectivity index (χ1v) is 4.60. The predicted molar refractivity (Wildman–Crippen MR) is 44.9 cm³/mol. The maximum Gasteiger partial charge on any atom is 0.449 e. The van der Waals surface area contributed by atoms with Crippen LogP contribution in [0.25, 0.3) is 0 Å². The smallest absolute Gasteiger partial charge is 0.323 e. The van der Waals surface area contributed by atoms with Crippen molar-refractivity contribution in [3.05, 3.63) is 17.2 Å². The van der Waals surface area contributed by atoms with Crippen LogP contribution in [0.1, 0.15) is 30.1 Å². The SMILES string of the molecule is N#Cc1nc(C(F)(F)F)n2c1CCCC2. The number of halogens is 3. The van der Waals surface area contributed by atoms with Gasteiger partial charge in [-0.05, 0) is 19.3 Å². The zero-order valence-electron chi connectivity index (χ0n) is 7.80. The van der Waals surface area contributed by atoms with Crippen LogP contribution >= 0.6 is 0 Å². The number of hydrogen-bond donors (Lipinski definition) is 0. The number of rotatable bonds is 0. The van der Waals surface area contributed by atoms with Crippen molar-refractivity contribution in [1.82, 2.24) is 9.55 Å². The number of fused-ring (bicyclic) bond motifs is 1. The van der Waals surface area contributed by atoms with Crippen LogP contribution in [-0.2, 0) is 19.1 Å². The summed E-state index contributed by atoms with van der Waals surface area (Å²) in [5, 5.41) is 8.68. The van der Waals surface area contributed by atoms with Crippen molar-refractivity contribution in [1.29, 1.82) is 5.26 Å². The Morgan fingerprint density at radius 1 is 1.33 bits per heavy atom. The van der Waals surface area contributed by atoms with Gasteiger partial charge in [-0.1, -0.05) is 0 Å². The molecular weight excluding hydrogens is 207 g/mol. The molecule has 0 amide bonds. The summed E-state index contributed by atoms with van der Waals surface area (Å²) in [5.74, 6) is -0.936. The Morgan fingerprint density at radius 2 is 2.07 bits per heavy atom. The summed E-state index contributed by atoms with van der Waals surface area (Å²) in [6.07, 6.45) is -2.44. The van der Waals surface area contributed by atoms with E-state index in [1.54, 1.807) is 6.07 Å². The highest BCUT2D eigenvalue weighted by Crippen LogP contribution is 2.32. The molecule has 6 heteroatoms. The molecule has 80 valence electrons. The summed E-state index contributed by atoms with van der Waals surface area (Å²) < 4.78 is 38.7. The monoisotopic (exact) mass is 215 g/mol. The molecule has 2 heterocycles. The van der Waals surface area contributed by atoms with Crippen LogP contribution in [0, 0.1) is 11.3 Å². The van der Waals surface area contributed by atoms with Crippen LogP contribution in [0.5, 0.6) is 0 Å².